The van der Waals surface area contributed by atoms with Crippen LogP contribution in [0.2, 0.25) is 0 Å². The largest absolute Gasteiger partial charge is 0.493 e. The molecular weight excluding hydrogens is 276 g/mol. The molecule has 0 radical (unpaired) electrons. The van der Waals surface area contributed by atoms with E-state index in [4.69, 9.17) is 4.74 Å². The van der Waals surface area contributed by atoms with E-state index in [9.17, 15) is 8.78 Å². The number of rotatable bonds is 5. The third-order valence-corrected chi connectivity index (χ3v) is 4.16. The molecule has 118 valence electrons. The lowest BCUT2D eigenvalue weighted by atomic mass is 9.80. The van der Waals surface area contributed by atoms with Gasteiger partial charge >= 0.3 is 6.61 Å². The summed E-state index contributed by atoms with van der Waals surface area (Å²) < 4.78 is 34.4. The second kappa shape index (κ2) is 6.96. The molecule has 1 saturated carbocycles. The van der Waals surface area contributed by atoms with Crippen LogP contribution in [-0.2, 0) is 0 Å². The summed E-state index contributed by atoms with van der Waals surface area (Å²) >= 11 is 0. The fraction of sp³-hybridized carbons (Fsp3) is 0.625. The highest BCUT2D eigenvalue weighted by molar-refractivity contribution is 5.55. The van der Waals surface area contributed by atoms with Crippen molar-refractivity contribution in [3.63, 3.8) is 0 Å². The quantitative estimate of drug-likeness (QED) is 0.866. The van der Waals surface area contributed by atoms with Crippen LogP contribution < -0.4 is 14.8 Å². The zero-order valence-corrected chi connectivity index (χ0v) is 12.7. The van der Waals surface area contributed by atoms with Crippen LogP contribution in [0.3, 0.4) is 0 Å². The maximum atomic E-state index is 12.4. The minimum absolute atomic E-state index is 0.0642. The molecule has 0 aromatic heterocycles. The number of benzene rings is 1. The number of hydrogen-bond acceptors (Lipinski definition) is 3. The van der Waals surface area contributed by atoms with Crippen molar-refractivity contribution in [1.82, 2.24) is 0 Å². The van der Waals surface area contributed by atoms with Crippen molar-refractivity contribution in [2.75, 3.05) is 12.4 Å². The van der Waals surface area contributed by atoms with Crippen molar-refractivity contribution in [1.29, 1.82) is 0 Å². The highest BCUT2D eigenvalue weighted by Crippen LogP contribution is 2.34. The van der Waals surface area contributed by atoms with Gasteiger partial charge in [-0.25, -0.2) is 0 Å². The van der Waals surface area contributed by atoms with Gasteiger partial charge in [0.15, 0.2) is 11.5 Å². The van der Waals surface area contributed by atoms with Gasteiger partial charge in [0.25, 0.3) is 0 Å². The summed E-state index contributed by atoms with van der Waals surface area (Å²) in [6.45, 7) is 1.64. The molecule has 1 fully saturated rings. The fourth-order valence-corrected chi connectivity index (χ4v) is 3.05. The van der Waals surface area contributed by atoms with Gasteiger partial charge in [0, 0.05) is 17.8 Å². The normalized spacial score (nSPS) is 25.7. The number of hydrogen-bond donors (Lipinski definition) is 1. The van der Waals surface area contributed by atoms with E-state index < -0.39 is 6.61 Å². The number of nitrogens with one attached hydrogen (secondary N) is 1. The lowest BCUT2D eigenvalue weighted by Gasteiger charge is -2.34. The first-order valence-electron chi connectivity index (χ1n) is 7.39. The Morgan fingerprint density at radius 3 is 2.57 bits per heavy atom. The van der Waals surface area contributed by atoms with Crippen LogP contribution in [0.5, 0.6) is 11.5 Å². The van der Waals surface area contributed by atoms with E-state index in [0.29, 0.717) is 17.7 Å². The van der Waals surface area contributed by atoms with E-state index in [1.165, 1.54) is 20.0 Å². The molecule has 3 atom stereocenters. The average Bonchev–Trinajstić information content (AvgIpc) is 2.42. The Kier molecular flexibility index (Phi) is 5.26. The molecule has 0 spiro atoms. The second-order valence-electron chi connectivity index (χ2n) is 5.89. The van der Waals surface area contributed by atoms with Crippen molar-refractivity contribution in [3.05, 3.63) is 18.2 Å². The minimum atomic E-state index is -2.86. The Morgan fingerprint density at radius 2 is 1.95 bits per heavy atom. The summed E-state index contributed by atoms with van der Waals surface area (Å²) in [6.07, 6.45) is 3.48. The first-order valence-corrected chi connectivity index (χ1v) is 7.39. The molecule has 1 aliphatic carbocycles. The molecule has 1 aromatic rings. The maximum absolute atomic E-state index is 12.4. The van der Waals surface area contributed by atoms with Crippen molar-refractivity contribution < 1.29 is 18.3 Å². The number of ether oxygens (including phenoxy) is 2. The molecule has 0 aliphatic heterocycles. The lowest BCUT2D eigenvalue weighted by molar-refractivity contribution is -0.0511. The van der Waals surface area contributed by atoms with E-state index >= 15 is 0 Å². The number of halogens is 2. The number of methoxy groups -OCH3 is 1. The van der Waals surface area contributed by atoms with Crippen LogP contribution >= 0.6 is 0 Å². The first kappa shape index (κ1) is 15.9. The van der Waals surface area contributed by atoms with Gasteiger partial charge in [-0.15, -0.1) is 0 Å². The molecule has 21 heavy (non-hydrogen) atoms. The second-order valence-corrected chi connectivity index (χ2v) is 5.89. The standard InChI is InChI=1S/C16H23F2NO2/c1-10-4-6-13(11(2)8-10)19-12-5-7-14(20-3)15(9-12)21-16(17)18/h5,7,9-11,13,16,19H,4,6,8H2,1-3H3. The van der Waals surface area contributed by atoms with Gasteiger partial charge < -0.3 is 14.8 Å². The van der Waals surface area contributed by atoms with E-state index in [1.807, 2.05) is 6.07 Å². The van der Waals surface area contributed by atoms with Crippen LogP contribution in [0.1, 0.15) is 33.1 Å². The highest BCUT2D eigenvalue weighted by atomic mass is 19.3. The monoisotopic (exact) mass is 299 g/mol. The van der Waals surface area contributed by atoms with Gasteiger partial charge in [-0.1, -0.05) is 13.8 Å². The van der Waals surface area contributed by atoms with Crippen molar-refractivity contribution in [3.8, 4) is 11.5 Å². The molecule has 0 heterocycles. The summed E-state index contributed by atoms with van der Waals surface area (Å²) in [4.78, 5) is 0. The van der Waals surface area contributed by atoms with E-state index in [-0.39, 0.29) is 5.75 Å². The molecule has 1 aromatic carbocycles. The number of alkyl halides is 2. The summed E-state index contributed by atoms with van der Waals surface area (Å²) in [5.74, 6) is 1.70. The van der Waals surface area contributed by atoms with Crippen molar-refractivity contribution in [2.45, 2.75) is 45.8 Å². The van der Waals surface area contributed by atoms with Gasteiger partial charge in [-0.05, 0) is 43.2 Å². The van der Waals surface area contributed by atoms with E-state index in [1.54, 1.807) is 12.1 Å². The molecule has 5 heteroatoms. The molecule has 0 bridgehead atoms. The van der Waals surface area contributed by atoms with E-state index in [0.717, 1.165) is 18.0 Å². The summed E-state index contributed by atoms with van der Waals surface area (Å²) in [7, 11) is 1.44. The molecule has 0 saturated heterocycles. The third-order valence-electron chi connectivity index (χ3n) is 4.16. The average molecular weight is 299 g/mol. The highest BCUT2D eigenvalue weighted by Gasteiger charge is 2.25. The summed E-state index contributed by atoms with van der Waals surface area (Å²) in [6, 6.07) is 5.43. The van der Waals surface area contributed by atoms with Gasteiger partial charge in [0.1, 0.15) is 0 Å². The molecule has 2 rings (SSSR count). The third kappa shape index (κ3) is 4.22. The molecule has 3 unspecified atom stereocenters. The van der Waals surface area contributed by atoms with Crippen LogP contribution in [0.15, 0.2) is 18.2 Å². The minimum Gasteiger partial charge on any atom is -0.493 e. The Bertz CT molecular complexity index is 468. The molecule has 0 amide bonds. The van der Waals surface area contributed by atoms with Crippen molar-refractivity contribution >= 4 is 5.69 Å². The number of anilines is 1. The fourth-order valence-electron chi connectivity index (χ4n) is 3.05. The van der Waals surface area contributed by atoms with Gasteiger partial charge in [-0.3, -0.25) is 0 Å². The Balaban J connectivity index is 2.09. The van der Waals surface area contributed by atoms with Crippen molar-refractivity contribution in [2.24, 2.45) is 11.8 Å². The smallest absolute Gasteiger partial charge is 0.387 e. The van der Waals surface area contributed by atoms with E-state index in [2.05, 4.69) is 23.9 Å². The SMILES string of the molecule is COc1ccc(NC2CCC(C)CC2C)cc1OC(F)F. The molecular formula is C16H23F2NO2. The van der Waals surface area contributed by atoms with Crippen LogP contribution in [-0.4, -0.2) is 19.8 Å². The Labute approximate surface area is 124 Å². The lowest BCUT2D eigenvalue weighted by Crippen LogP contribution is -2.32. The van der Waals surface area contributed by atoms with Gasteiger partial charge in [0.05, 0.1) is 7.11 Å². The zero-order valence-electron chi connectivity index (χ0n) is 12.7. The summed E-state index contributed by atoms with van der Waals surface area (Å²) in [5.41, 5.74) is 0.790. The molecule has 3 nitrogen and oxygen atoms in total. The van der Waals surface area contributed by atoms with Gasteiger partial charge in [-0.2, -0.15) is 8.78 Å². The predicted molar refractivity (Wildman–Crippen MR) is 79.2 cm³/mol. The molecule has 1 aliphatic rings. The Morgan fingerprint density at radius 1 is 1.19 bits per heavy atom. The van der Waals surface area contributed by atoms with Crippen LogP contribution in [0.4, 0.5) is 14.5 Å². The maximum Gasteiger partial charge on any atom is 0.387 e. The first-order chi connectivity index (χ1) is 9.99. The zero-order chi connectivity index (χ0) is 15.4. The summed E-state index contributed by atoms with van der Waals surface area (Å²) in [5, 5.41) is 3.44. The van der Waals surface area contributed by atoms with Gasteiger partial charge in [0.2, 0.25) is 0 Å². The Hall–Kier alpha value is -1.52. The van der Waals surface area contributed by atoms with Crippen LogP contribution in [0, 0.1) is 11.8 Å². The molecule has 1 N–H and O–H groups in total. The van der Waals surface area contributed by atoms with Crippen LogP contribution in [0.25, 0.3) is 0 Å². The topological polar surface area (TPSA) is 30.5 Å². The predicted octanol–water partition coefficient (Wildman–Crippen LogP) is 4.53.